The van der Waals surface area contributed by atoms with Crippen molar-refractivity contribution in [3.05, 3.63) is 11.3 Å². The van der Waals surface area contributed by atoms with Gasteiger partial charge in [-0.2, -0.15) is 4.37 Å². The zero-order valence-corrected chi connectivity index (χ0v) is 12.5. The Hall–Kier alpha value is -1.63. The summed E-state index contributed by atoms with van der Waals surface area (Å²) in [6.45, 7) is 4.35. The van der Waals surface area contributed by atoms with E-state index in [0.717, 1.165) is 12.8 Å². The summed E-state index contributed by atoms with van der Waals surface area (Å²) >= 11 is 1.21. The van der Waals surface area contributed by atoms with Gasteiger partial charge in [-0.15, -0.1) is 0 Å². The predicted octanol–water partition coefficient (Wildman–Crippen LogP) is 1.71. The highest BCUT2D eigenvalue weighted by atomic mass is 32.1. The lowest BCUT2D eigenvalue weighted by Crippen LogP contribution is -2.27. The van der Waals surface area contributed by atoms with Crippen molar-refractivity contribution in [3.8, 4) is 0 Å². The Kier molecular flexibility index (Phi) is 4.94. The minimum Gasteiger partial charge on any atom is -0.462 e. The molecule has 20 heavy (non-hydrogen) atoms. The monoisotopic (exact) mass is 297 g/mol. The number of hydrogen-bond donors (Lipinski definition) is 2. The minimum absolute atomic E-state index is 0.0407. The second-order valence-electron chi connectivity index (χ2n) is 4.71. The van der Waals surface area contributed by atoms with Crippen LogP contribution >= 0.6 is 11.5 Å². The van der Waals surface area contributed by atoms with E-state index >= 15 is 0 Å². The normalized spacial score (nSPS) is 13.9. The Morgan fingerprint density at radius 3 is 2.85 bits per heavy atom. The smallest absolute Gasteiger partial charge is 0.343 e. The van der Waals surface area contributed by atoms with Gasteiger partial charge in [0.2, 0.25) is 5.91 Å². The van der Waals surface area contributed by atoms with Crippen molar-refractivity contribution in [2.24, 2.45) is 0 Å². The van der Waals surface area contributed by atoms with Crippen LogP contribution in [0.5, 0.6) is 0 Å². The Morgan fingerprint density at radius 2 is 2.20 bits per heavy atom. The molecule has 1 aromatic rings. The number of esters is 1. The molecule has 0 atom stereocenters. The molecule has 0 saturated heterocycles. The molecule has 0 spiro atoms. The largest absolute Gasteiger partial charge is 0.462 e. The Balaban J connectivity index is 1.85. The van der Waals surface area contributed by atoms with E-state index in [1.807, 2.05) is 0 Å². The summed E-state index contributed by atoms with van der Waals surface area (Å²) in [5.41, 5.74) is 1.12. The van der Waals surface area contributed by atoms with Crippen LogP contribution in [-0.2, 0) is 9.53 Å². The summed E-state index contributed by atoms with van der Waals surface area (Å²) in [6.07, 6.45) is 2.55. The van der Waals surface area contributed by atoms with Gasteiger partial charge in [-0.05, 0) is 38.2 Å². The maximum absolute atomic E-state index is 11.8. The molecule has 2 N–H and O–H groups in total. The quantitative estimate of drug-likeness (QED) is 0.749. The molecular formula is C13H19N3O3S. The van der Waals surface area contributed by atoms with E-state index in [4.69, 9.17) is 4.74 Å². The van der Waals surface area contributed by atoms with Crippen molar-refractivity contribution >= 4 is 28.4 Å². The molecule has 0 radical (unpaired) electrons. The highest BCUT2D eigenvalue weighted by molar-refractivity contribution is 7.10. The summed E-state index contributed by atoms with van der Waals surface area (Å²) in [6, 6.07) is 0.378. The summed E-state index contributed by atoms with van der Waals surface area (Å²) < 4.78 is 9.16. The molecular weight excluding hydrogens is 278 g/mol. The number of carbonyl (C=O) groups excluding carboxylic acids is 2. The molecule has 1 aromatic heterocycles. The molecule has 1 heterocycles. The van der Waals surface area contributed by atoms with Crippen molar-refractivity contribution in [3.63, 3.8) is 0 Å². The van der Waals surface area contributed by atoms with Crippen LogP contribution in [0.3, 0.4) is 0 Å². The number of ether oxygens (including phenoxy) is 1. The van der Waals surface area contributed by atoms with E-state index in [0.29, 0.717) is 41.9 Å². The van der Waals surface area contributed by atoms with E-state index < -0.39 is 0 Å². The van der Waals surface area contributed by atoms with Gasteiger partial charge >= 0.3 is 5.97 Å². The van der Waals surface area contributed by atoms with Crippen LogP contribution in [-0.4, -0.2) is 35.4 Å². The summed E-state index contributed by atoms with van der Waals surface area (Å²) in [4.78, 5) is 23.4. The highest BCUT2D eigenvalue weighted by Crippen LogP contribution is 2.25. The van der Waals surface area contributed by atoms with Crippen LogP contribution in [0.15, 0.2) is 0 Å². The number of aryl methyl sites for hydroxylation is 1. The fraction of sp³-hybridized carbons (Fsp3) is 0.615. The van der Waals surface area contributed by atoms with Crippen LogP contribution in [0.4, 0.5) is 5.00 Å². The number of carbonyl (C=O) groups is 2. The fourth-order valence-electron chi connectivity index (χ4n) is 1.75. The van der Waals surface area contributed by atoms with E-state index in [1.165, 1.54) is 11.5 Å². The van der Waals surface area contributed by atoms with Gasteiger partial charge in [0.1, 0.15) is 10.6 Å². The average molecular weight is 297 g/mol. The first-order valence-corrected chi connectivity index (χ1v) is 7.55. The van der Waals surface area contributed by atoms with Crippen LogP contribution in [0, 0.1) is 6.92 Å². The van der Waals surface area contributed by atoms with Gasteiger partial charge in [0, 0.05) is 19.0 Å². The molecule has 0 bridgehead atoms. The highest BCUT2D eigenvalue weighted by Gasteiger charge is 2.23. The lowest BCUT2D eigenvalue weighted by Gasteiger charge is -2.07. The number of aromatic nitrogens is 1. The maximum atomic E-state index is 11.8. The Morgan fingerprint density at radius 1 is 1.45 bits per heavy atom. The van der Waals surface area contributed by atoms with Crippen LogP contribution in [0.2, 0.25) is 0 Å². The third-order valence-electron chi connectivity index (χ3n) is 2.92. The lowest BCUT2D eigenvalue weighted by atomic mass is 10.2. The van der Waals surface area contributed by atoms with Crippen LogP contribution in [0.25, 0.3) is 0 Å². The van der Waals surface area contributed by atoms with Crippen molar-refractivity contribution in [1.82, 2.24) is 9.69 Å². The predicted molar refractivity (Wildman–Crippen MR) is 77.1 cm³/mol. The van der Waals surface area contributed by atoms with Crippen LogP contribution in [0.1, 0.15) is 42.2 Å². The Labute approximate surface area is 122 Å². The molecule has 1 amide bonds. The van der Waals surface area contributed by atoms with Crippen molar-refractivity contribution in [1.29, 1.82) is 0 Å². The van der Waals surface area contributed by atoms with Gasteiger partial charge < -0.3 is 15.4 Å². The number of hydrogen-bond acceptors (Lipinski definition) is 6. The second-order valence-corrected chi connectivity index (χ2v) is 5.48. The van der Waals surface area contributed by atoms with E-state index in [-0.39, 0.29) is 11.9 Å². The molecule has 1 aliphatic carbocycles. The summed E-state index contributed by atoms with van der Waals surface area (Å²) in [7, 11) is 0. The Bertz CT molecular complexity index is 497. The van der Waals surface area contributed by atoms with Gasteiger partial charge in [-0.25, -0.2) is 4.79 Å². The molecule has 0 aromatic carbocycles. The fourth-order valence-corrected chi connectivity index (χ4v) is 2.56. The number of amides is 1. The first-order chi connectivity index (χ1) is 9.61. The number of anilines is 1. The van der Waals surface area contributed by atoms with E-state index in [1.54, 1.807) is 13.8 Å². The molecule has 0 aliphatic heterocycles. The van der Waals surface area contributed by atoms with Crippen LogP contribution < -0.4 is 10.6 Å². The zero-order chi connectivity index (χ0) is 14.5. The first-order valence-electron chi connectivity index (χ1n) is 6.78. The molecule has 110 valence electrons. The topological polar surface area (TPSA) is 80.3 Å². The molecule has 0 unspecified atom stereocenters. The van der Waals surface area contributed by atoms with Gasteiger partial charge in [-0.3, -0.25) is 4.79 Å². The SMILES string of the molecule is CCOC(=O)c1c(C)nsc1NCCC(=O)NC1CC1. The first kappa shape index (κ1) is 14.8. The van der Waals surface area contributed by atoms with Crippen molar-refractivity contribution < 1.29 is 14.3 Å². The number of nitrogens with one attached hydrogen (secondary N) is 2. The minimum atomic E-state index is -0.372. The summed E-state index contributed by atoms with van der Waals surface area (Å²) in [5.74, 6) is -0.331. The van der Waals surface area contributed by atoms with Gasteiger partial charge in [0.05, 0.1) is 12.3 Å². The van der Waals surface area contributed by atoms with Crippen molar-refractivity contribution in [2.45, 2.75) is 39.2 Å². The third-order valence-corrected chi connectivity index (χ3v) is 3.82. The lowest BCUT2D eigenvalue weighted by molar-refractivity contribution is -0.120. The molecule has 7 heteroatoms. The number of rotatable bonds is 7. The zero-order valence-electron chi connectivity index (χ0n) is 11.7. The molecule has 1 aliphatic rings. The standard InChI is InChI=1S/C13H19N3O3S/c1-3-19-13(18)11-8(2)16-20-12(11)14-7-6-10(17)15-9-4-5-9/h9,14H,3-7H2,1-2H3,(H,15,17). The second kappa shape index (κ2) is 6.69. The molecule has 2 rings (SSSR count). The third kappa shape index (κ3) is 3.93. The van der Waals surface area contributed by atoms with E-state index in [9.17, 15) is 9.59 Å². The van der Waals surface area contributed by atoms with Gasteiger partial charge in [-0.1, -0.05) is 0 Å². The number of nitrogens with zero attached hydrogens (tertiary/aromatic N) is 1. The van der Waals surface area contributed by atoms with Gasteiger partial charge in [0.25, 0.3) is 0 Å². The maximum Gasteiger partial charge on any atom is 0.343 e. The average Bonchev–Trinajstić information content (AvgIpc) is 3.12. The van der Waals surface area contributed by atoms with Gasteiger partial charge in [0.15, 0.2) is 0 Å². The summed E-state index contributed by atoms with van der Waals surface area (Å²) in [5, 5.41) is 6.68. The van der Waals surface area contributed by atoms with Crippen molar-refractivity contribution in [2.75, 3.05) is 18.5 Å². The molecule has 1 saturated carbocycles. The molecule has 1 fully saturated rings. The van der Waals surface area contributed by atoms with E-state index in [2.05, 4.69) is 15.0 Å². The molecule has 6 nitrogen and oxygen atoms in total.